The van der Waals surface area contributed by atoms with Gasteiger partial charge in [0.15, 0.2) is 0 Å². The van der Waals surface area contributed by atoms with Crippen LogP contribution in [0.4, 0.5) is 0 Å². The van der Waals surface area contributed by atoms with Crippen molar-refractivity contribution in [3.63, 3.8) is 0 Å². The second-order valence-corrected chi connectivity index (χ2v) is 2.87. The number of rotatable bonds is 6. The van der Waals surface area contributed by atoms with Crippen LogP contribution >= 0.6 is 0 Å². The smallest absolute Gasteiger partial charge is 0.0163 e. The van der Waals surface area contributed by atoms with Gasteiger partial charge in [0, 0.05) is 6.54 Å². The highest BCUT2D eigenvalue weighted by molar-refractivity contribution is 4.80. The average Bonchev–Trinajstić information content (AvgIpc) is 2.01. The van der Waals surface area contributed by atoms with Gasteiger partial charge in [0.1, 0.15) is 0 Å². The lowest BCUT2D eigenvalue weighted by Gasteiger charge is -2.18. The lowest BCUT2D eigenvalue weighted by molar-refractivity contribution is 0.303. The Morgan fingerprint density at radius 2 is 1.64 bits per heavy atom. The van der Waals surface area contributed by atoms with E-state index < -0.39 is 0 Å². The van der Waals surface area contributed by atoms with Gasteiger partial charge in [0.05, 0.1) is 0 Å². The fourth-order valence-electron chi connectivity index (χ4n) is 1.18. The molecule has 0 saturated heterocycles. The topological polar surface area (TPSA) is 3.24 Å². The van der Waals surface area contributed by atoms with Crippen molar-refractivity contribution in [3.8, 4) is 0 Å². The van der Waals surface area contributed by atoms with Crippen LogP contribution < -0.4 is 0 Å². The third-order valence-corrected chi connectivity index (χ3v) is 1.68. The molecule has 0 unspecified atom stereocenters. The monoisotopic (exact) mass is 155 g/mol. The van der Waals surface area contributed by atoms with Crippen LogP contribution in [0, 0.1) is 0 Å². The van der Waals surface area contributed by atoms with E-state index in [2.05, 4.69) is 37.8 Å². The summed E-state index contributed by atoms with van der Waals surface area (Å²) < 4.78 is 0. The molecule has 66 valence electrons. The van der Waals surface area contributed by atoms with Gasteiger partial charge in [-0.15, -0.1) is 0 Å². The van der Waals surface area contributed by atoms with Gasteiger partial charge in [-0.05, 0) is 32.9 Å². The maximum absolute atomic E-state index is 2.49. The Kier molecular flexibility index (Phi) is 7.59. The highest BCUT2D eigenvalue weighted by atomic mass is 15.1. The lowest BCUT2D eigenvalue weighted by Crippen LogP contribution is -2.25. The van der Waals surface area contributed by atoms with E-state index >= 15 is 0 Å². The summed E-state index contributed by atoms with van der Waals surface area (Å²) in [5, 5.41) is 0. The molecule has 0 aromatic rings. The predicted molar refractivity (Wildman–Crippen MR) is 51.8 cm³/mol. The standard InChI is InChI=1S/C10H21N/c1-4-7-10-11(8-5-2)9-6-3/h4,7H,5-6,8-10H2,1-3H3/b7-4+. The van der Waals surface area contributed by atoms with E-state index in [0.29, 0.717) is 0 Å². The van der Waals surface area contributed by atoms with Gasteiger partial charge in [-0.1, -0.05) is 26.0 Å². The molecule has 0 aliphatic rings. The third kappa shape index (κ3) is 6.11. The molecule has 0 radical (unpaired) electrons. The van der Waals surface area contributed by atoms with Crippen molar-refractivity contribution >= 4 is 0 Å². The summed E-state index contributed by atoms with van der Waals surface area (Å²) >= 11 is 0. The molecule has 1 heteroatoms. The Bertz CT molecular complexity index is 91.0. The Morgan fingerprint density at radius 1 is 1.09 bits per heavy atom. The molecule has 0 saturated carbocycles. The first-order chi connectivity index (χ1) is 5.35. The molecule has 0 aromatic heterocycles. The van der Waals surface area contributed by atoms with E-state index in [1.54, 1.807) is 0 Å². The van der Waals surface area contributed by atoms with Crippen LogP contribution in [0.3, 0.4) is 0 Å². The Labute approximate surface area is 71.1 Å². The zero-order chi connectivity index (χ0) is 8.53. The van der Waals surface area contributed by atoms with Crippen LogP contribution in [0.5, 0.6) is 0 Å². The predicted octanol–water partition coefficient (Wildman–Crippen LogP) is 2.68. The molecule has 0 rings (SSSR count). The second-order valence-electron chi connectivity index (χ2n) is 2.87. The summed E-state index contributed by atoms with van der Waals surface area (Å²) in [6.45, 7) is 10.1. The molecule has 0 aliphatic heterocycles. The van der Waals surface area contributed by atoms with Crippen molar-refractivity contribution in [2.75, 3.05) is 19.6 Å². The molecule has 0 N–H and O–H groups in total. The first-order valence-corrected chi connectivity index (χ1v) is 4.68. The summed E-state index contributed by atoms with van der Waals surface area (Å²) in [7, 11) is 0. The molecule has 0 fully saturated rings. The quantitative estimate of drug-likeness (QED) is 0.533. The fraction of sp³-hybridized carbons (Fsp3) is 0.800. The van der Waals surface area contributed by atoms with Crippen molar-refractivity contribution in [1.82, 2.24) is 4.90 Å². The van der Waals surface area contributed by atoms with Crippen LogP contribution in [0.2, 0.25) is 0 Å². The summed E-state index contributed by atoms with van der Waals surface area (Å²) in [6, 6.07) is 0. The van der Waals surface area contributed by atoms with Crippen LogP contribution in [0.15, 0.2) is 12.2 Å². The van der Waals surface area contributed by atoms with Crippen molar-refractivity contribution in [3.05, 3.63) is 12.2 Å². The summed E-state index contributed by atoms with van der Waals surface area (Å²) in [6.07, 6.45) is 6.87. The van der Waals surface area contributed by atoms with Crippen LogP contribution in [-0.2, 0) is 0 Å². The minimum absolute atomic E-state index is 1.12. The number of nitrogens with zero attached hydrogens (tertiary/aromatic N) is 1. The van der Waals surface area contributed by atoms with E-state index in [1.807, 2.05) is 0 Å². The fourth-order valence-corrected chi connectivity index (χ4v) is 1.18. The summed E-state index contributed by atoms with van der Waals surface area (Å²) in [4.78, 5) is 2.49. The zero-order valence-electron chi connectivity index (χ0n) is 8.14. The normalized spacial score (nSPS) is 11.6. The molecule has 0 heterocycles. The highest BCUT2D eigenvalue weighted by Gasteiger charge is 1.97. The third-order valence-electron chi connectivity index (χ3n) is 1.68. The van der Waals surface area contributed by atoms with E-state index in [1.165, 1.54) is 25.9 Å². The average molecular weight is 155 g/mol. The summed E-state index contributed by atoms with van der Waals surface area (Å²) in [5.74, 6) is 0. The Balaban J connectivity index is 3.50. The number of allylic oxidation sites excluding steroid dienone is 1. The molecule has 0 aliphatic carbocycles. The van der Waals surface area contributed by atoms with Gasteiger partial charge in [0.2, 0.25) is 0 Å². The minimum Gasteiger partial charge on any atom is -0.300 e. The van der Waals surface area contributed by atoms with Gasteiger partial charge in [-0.2, -0.15) is 0 Å². The largest absolute Gasteiger partial charge is 0.300 e. The van der Waals surface area contributed by atoms with Gasteiger partial charge < -0.3 is 0 Å². The first kappa shape index (κ1) is 10.7. The first-order valence-electron chi connectivity index (χ1n) is 4.68. The molecule has 0 aromatic carbocycles. The molecular weight excluding hydrogens is 134 g/mol. The maximum atomic E-state index is 2.49. The SMILES string of the molecule is C/C=C/CN(CCC)CCC. The zero-order valence-corrected chi connectivity index (χ0v) is 8.14. The van der Waals surface area contributed by atoms with Crippen LogP contribution in [0.1, 0.15) is 33.6 Å². The van der Waals surface area contributed by atoms with Gasteiger partial charge in [-0.3, -0.25) is 4.90 Å². The minimum atomic E-state index is 1.12. The Hall–Kier alpha value is -0.300. The van der Waals surface area contributed by atoms with E-state index in [9.17, 15) is 0 Å². The van der Waals surface area contributed by atoms with Gasteiger partial charge in [0.25, 0.3) is 0 Å². The van der Waals surface area contributed by atoms with Crippen molar-refractivity contribution in [2.24, 2.45) is 0 Å². The van der Waals surface area contributed by atoms with Crippen LogP contribution in [0.25, 0.3) is 0 Å². The van der Waals surface area contributed by atoms with Gasteiger partial charge in [-0.25, -0.2) is 0 Å². The van der Waals surface area contributed by atoms with E-state index in [4.69, 9.17) is 0 Å². The van der Waals surface area contributed by atoms with Crippen LogP contribution in [-0.4, -0.2) is 24.5 Å². The van der Waals surface area contributed by atoms with Crippen molar-refractivity contribution in [2.45, 2.75) is 33.6 Å². The Morgan fingerprint density at radius 3 is 2.00 bits per heavy atom. The molecule has 0 spiro atoms. The molecule has 0 amide bonds. The van der Waals surface area contributed by atoms with E-state index in [0.717, 1.165) is 6.54 Å². The van der Waals surface area contributed by atoms with Gasteiger partial charge >= 0.3 is 0 Å². The highest BCUT2D eigenvalue weighted by Crippen LogP contribution is 1.93. The molecule has 0 bridgehead atoms. The lowest BCUT2D eigenvalue weighted by atomic mass is 10.3. The van der Waals surface area contributed by atoms with E-state index in [-0.39, 0.29) is 0 Å². The number of hydrogen-bond donors (Lipinski definition) is 0. The summed E-state index contributed by atoms with van der Waals surface area (Å²) in [5.41, 5.74) is 0. The van der Waals surface area contributed by atoms with Crippen molar-refractivity contribution in [1.29, 1.82) is 0 Å². The molecular formula is C10H21N. The maximum Gasteiger partial charge on any atom is 0.0163 e. The molecule has 0 atom stereocenters. The second kappa shape index (κ2) is 7.80. The molecule has 11 heavy (non-hydrogen) atoms. The molecule has 1 nitrogen and oxygen atoms in total. The van der Waals surface area contributed by atoms with Crippen molar-refractivity contribution < 1.29 is 0 Å². The number of hydrogen-bond acceptors (Lipinski definition) is 1.